The van der Waals surface area contributed by atoms with Crippen LogP contribution in [0.25, 0.3) is 0 Å². The van der Waals surface area contributed by atoms with Gasteiger partial charge in [-0.05, 0) is 110 Å². The van der Waals surface area contributed by atoms with Crippen LogP contribution in [0.5, 0.6) is 0 Å². The van der Waals surface area contributed by atoms with Gasteiger partial charge in [-0.3, -0.25) is 0 Å². The van der Waals surface area contributed by atoms with Crippen molar-refractivity contribution < 1.29 is 5.11 Å². The minimum atomic E-state index is -0.0870. The normalized spacial score (nSPS) is 45.6. The monoisotopic (exact) mass is 412 g/mol. The SMILES string of the molecule is CC[C@H](/C=C/[C@@H](C)C1CC[C@H]2[C@@H]3CC=C4C[C@@H](O)CC[C@]4(C)[C@H]3CC[C@]12C)C(C)C. The van der Waals surface area contributed by atoms with Gasteiger partial charge in [-0.15, -0.1) is 0 Å². The second-order valence-electron chi connectivity index (χ2n) is 12.4. The molecular formula is C29H48O. The number of aliphatic hydroxyl groups is 1. The Morgan fingerprint density at radius 2 is 1.80 bits per heavy atom. The molecule has 3 saturated carbocycles. The molecule has 3 fully saturated rings. The summed E-state index contributed by atoms with van der Waals surface area (Å²) in [5.41, 5.74) is 2.51. The largest absolute Gasteiger partial charge is 0.393 e. The summed E-state index contributed by atoms with van der Waals surface area (Å²) in [6.45, 7) is 14.8. The molecule has 0 aromatic rings. The smallest absolute Gasteiger partial charge is 0.0577 e. The van der Waals surface area contributed by atoms with E-state index in [4.69, 9.17) is 0 Å². The highest BCUT2D eigenvalue weighted by molar-refractivity contribution is 5.25. The molecule has 1 N–H and O–H groups in total. The molecule has 0 aromatic heterocycles. The maximum Gasteiger partial charge on any atom is 0.0577 e. The average Bonchev–Trinajstić information content (AvgIpc) is 3.06. The van der Waals surface area contributed by atoms with Crippen molar-refractivity contribution in [2.45, 2.75) is 105 Å². The summed E-state index contributed by atoms with van der Waals surface area (Å²) in [6.07, 6.45) is 19.1. The van der Waals surface area contributed by atoms with Crippen LogP contribution < -0.4 is 0 Å². The molecule has 9 atom stereocenters. The highest BCUT2D eigenvalue weighted by Crippen LogP contribution is 2.67. The molecule has 0 aromatic carbocycles. The van der Waals surface area contributed by atoms with Crippen LogP contribution in [0.3, 0.4) is 0 Å². The lowest BCUT2D eigenvalue weighted by molar-refractivity contribution is -0.0540. The zero-order valence-corrected chi connectivity index (χ0v) is 20.7. The first kappa shape index (κ1) is 22.6. The number of allylic oxidation sites excluding steroid dienone is 3. The number of hydrogen-bond acceptors (Lipinski definition) is 1. The number of aliphatic hydroxyl groups excluding tert-OH is 1. The van der Waals surface area contributed by atoms with Crippen molar-refractivity contribution in [3.8, 4) is 0 Å². The zero-order chi connectivity index (χ0) is 21.7. The summed E-state index contributed by atoms with van der Waals surface area (Å²) >= 11 is 0. The van der Waals surface area contributed by atoms with Gasteiger partial charge in [0.25, 0.3) is 0 Å². The minimum absolute atomic E-state index is 0.0870. The molecule has 0 spiro atoms. The van der Waals surface area contributed by atoms with Gasteiger partial charge in [0.05, 0.1) is 6.10 Å². The van der Waals surface area contributed by atoms with E-state index in [1.54, 1.807) is 5.57 Å². The van der Waals surface area contributed by atoms with E-state index in [-0.39, 0.29) is 6.10 Å². The maximum atomic E-state index is 10.2. The predicted octanol–water partition coefficient (Wildman–Crippen LogP) is 7.80. The standard InChI is InChI=1S/C29H48O/c1-7-21(19(2)3)9-8-20(4)25-12-13-26-24-11-10-22-18-23(30)14-16-28(22,5)27(24)15-17-29(25,26)6/h8-10,19-21,23-27,30H,7,11-18H2,1-6H3/b9-8+/t20-,21-,23+,24+,25?,26+,27+,28+,29-/m1/s1. The topological polar surface area (TPSA) is 20.2 Å². The fourth-order valence-corrected chi connectivity index (χ4v) is 8.83. The molecule has 0 bridgehead atoms. The highest BCUT2D eigenvalue weighted by atomic mass is 16.3. The molecule has 1 unspecified atom stereocenters. The van der Waals surface area contributed by atoms with Crippen molar-refractivity contribution in [3.63, 3.8) is 0 Å². The van der Waals surface area contributed by atoms with E-state index in [0.717, 1.165) is 48.3 Å². The lowest BCUT2D eigenvalue weighted by atomic mass is 9.47. The van der Waals surface area contributed by atoms with Crippen molar-refractivity contribution in [3.05, 3.63) is 23.8 Å². The predicted molar refractivity (Wildman–Crippen MR) is 128 cm³/mol. The molecule has 0 aliphatic heterocycles. The van der Waals surface area contributed by atoms with Gasteiger partial charge in [-0.25, -0.2) is 0 Å². The zero-order valence-electron chi connectivity index (χ0n) is 20.7. The summed E-state index contributed by atoms with van der Waals surface area (Å²) in [4.78, 5) is 0. The molecule has 1 nitrogen and oxygen atoms in total. The van der Waals surface area contributed by atoms with E-state index in [1.807, 2.05) is 0 Å². The van der Waals surface area contributed by atoms with Crippen molar-refractivity contribution in [1.29, 1.82) is 0 Å². The summed E-state index contributed by atoms with van der Waals surface area (Å²) in [5, 5.41) is 10.2. The summed E-state index contributed by atoms with van der Waals surface area (Å²) in [7, 11) is 0. The first-order chi connectivity index (χ1) is 14.2. The molecule has 4 aliphatic rings. The maximum absolute atomic E-state index is 10.2. The first-order valence-electron chi connectivity index (χ1n) is 13.3. The van der Waals surface area contributed by atoms with E-state index in [2.05, 4.69) is 59.8 Å². The summed E-state index contributed by atoms with van der Waals surface area (Å²) in [5.74, 6) is 5.70. The lowest BCUT2D eigenvalue weighted by Gasteiger charge is -2.58. The van der Waals surface area contributed by atoms with Crippen LogP contribution in [-0.2, 0) is 0 Å². The Labute approximate surface area is 186 Å². The van der Waals surface area contributed by atoms with Crippen LogP contribution in [-0.4, -0.2) is 11.2 Å². The Kier molecular flexibility index (Phi) is 6.35. The van der Waals surface area contributed by atoms with Gasteiger partial charge < -0.3 is 5.11 Å². The van der Waals surface area contributed by atoms with Gasteiger partial charge in [0.15, 0.2) is 0 Å². The molecule has 0 heterocycles. The molecular weight excluding hydrogens is 364 g/mol. The van der Waals surface area contributed by atoms with E-state index >= 15 is 0 Å². The van der Waals surface area contributed by atoms with Gasteiger partial charge in [0.2, 0.25) is 0 Å². The molecule has 1 heteroatoms. The molecule has 30 heavy (non-hydrogen) atoms. The van der Waals surface area contributed by atoms with E-state index in [1.165, 1.54) is 44.9 Å². The number of fused-ring (bicyclic) bond motifs is 5. The molecule has 4 aliphatic carbocycles. The van der Waals surface area contributed by atoms with Gasteiger partial charge >= 0.3 is 0 Å². The Hall–Kier alpha value is -0.560. The molecule has 0 saturated heterocycles. The van der Waals surface area contributed by atoms with Crippen LogP contribution >= 0.6 is 0 Å². The van der Waals surface area contributed by atoms with Gasteiger partial charge in [-0.1, -0.05) is 65.3 Å². The van der Waals surface area contributed by atoms with E-state index in [9.17, 15) is 5.11 Å². The van der Waals surface area contributed by atoms with E-state index in [0.29, 0.717) is 16.7 Å². The second kappa shape index (κ2) is 8.42. The molecule has 170 valence electrons. The van der Waals surface area contributed by atoms with Crippen LogP contribution in [0.15, 0.2) is 23.8 Å². The Morgan fingerprint density at radius 3 is 2.50 bits per heavy atom. The van der Waals surface area contributed by atoms with Gasteiger partial charge in [0.1, 0.15) is 0 Å². The van der Waals surface area contributed by atoms with Crippen LogP contribution in [0.4, 0.5) is 0 Å². The van der Waals surface area contributed by atoms with Gasteiger partial charge in [0, 0.05) is 0 Å². The summed E-state index contributed by atoms with van der Waals surface area (Å²) < 4.78 is 0. The van der Waals surface area contributed by atoms with Crippen molar-refractivity contribution >= 4 is 0 Å². The third kappa shape index (κ3) is 3.66. The van der Waals surface area contributed by atoms with Gasteiger partial charge in [-0.2, -0.15) is 0 Å². The molecule has 0 radical (unpaired) electrons. The third-order valence-electron chi connectivity index (χ3n) is 10.8. The Morgan fingerprint density at radius 1 is 1.03 bits per heavy atom. The van der Waals surface area contributed by atoms with Crippen molar-refractivity contribution in [2.75, 3.05) is 0 Å². The van der Waals surface area contributed by atoms with E-state index < -0.39 is 0 Å². The highest BCUT2D eigenvalue weighted by Gasteiger charge is 2.58. The Bertz CT molecular complexity index is 674. The third-order valence-corrected chi connectivity index (χ3v) is 10.8. The Balaban J connectivity index is 1.52. The lowest BCUT2D eigenvalue weighted by Crippen LogP contribution is -2.50. The fraction of sp³-hybridized carbons (Fsp3) is 0.862. The molecule has 4 rings (SSSR count). The van der Waals surface area contributed by atoms with Crippen LogP contribution in [0, 0.1) is 52.3 Å². The van der Waals surface area contributed by atoms with Crippen molar-refractivity contribution in [2.24, 2.45) is 52.3 Å². The minimum Gasteiger partial charge on any atom is -0.393 e. The first-order valence-corrected chi connectivity index (χ1v) is 13.3. The van der Waals surface area contributed by atoms with Crippen LogP contribution in [0.1, 0.15) is 99.3 Å². The second-order valence-corrected chi connectivity index (χ2v) is 12.4. The quantitative estimate of drug-likeness (QED) is 0.457. The fourth-order valence-electron chi connectivity index (χ4n) is 8.83. The van der Waals surface area contributed by atoms with Crippen molar-refractivity contribution in [1.82, 2.24) is 0 Å². The van der Waals surface area contributed by atoms with Crippen LogP contribution in [0.2, 0.25) is 0 Å². The molecule has 0 amide bonds. The summed E-state index contributed by atoms with van der Waals surface area (Å²) in [6, 6.07) is 0. The number of hydrogen-bond donors (Lipinski definition) is 1. The number of rotatable bonds is 5. The average molecular weight is 413 g/mol.